The molecule has 4 heteroatoms. The first kappa shape index (κ1) is 8.01. The van der Waals surface area contributed by atoms with Gasteiger partial charge in [-0.15, -0.1) is 10.2 Å². The third-order valence-electron chi connectivity index (χ3n) is 0.851. The molecule has 0 spiro atoms. The second kappa shape index (κ2) is 3.93. The molecule has 1 aromatic rings. The van der Waals surface area contributed by atoms with Crippen LogP contribution in [-0.4, -0.2) is 16.0 Å². The minimum absolute atomic E-state index is 0.698. The van der Waals surface area contributed by atoms with Crippen LogP contribution < -0.4 is 0 Å². The summed E-state index contributed by atoms with van der Waals surface area (Å²) in [5, 5.41) is 8.82. The summed E-state index contributed by atoms with van der Waals surface area (Å²) < 4.78 is 1.02. The maximum atomic E-state index is 5.32. The summed E-state index contributed by atoms with van der Waals surface area (Å²) in [4.78, 5) is 0. The van der Waals surface area contributed by atoms with Crippen molar-refractivity contribution >= 4 is 23.1 Å². The van der Waals surface area contributed by atoms with Gasteiger partial charge in [-0.3, -0.25) is 0 Å². The summed E-state index contributed by atoms with van der Waals surface area (Å²) in [5.74, 6) is 0.925. The van der Waals surface area contributed by atoms with Gasteiger partial charge in [-0.1, -0.05) is 23.1 Å². The first-order valence-corrected chi connectivity index (χ1v) is 4.76. The Labute approximate surface area is 69.1 Å². The standard InChI is InChI=1S/C6H8N2S2/c1-3-4-9-6-8-7-5(2)10-6/h1H,3-4H2,2H3. The number of aromatic nitrogens is 2. The number of rotatable bonds is 3. The van der Waals surface area contributed by atoms with Gasteiger partial charge < -0.3 is 0 Å². The molecule has 2 nitrogen and oxygen atoms in total. The molecule has 0 N–H and O–H groups in total. The van der Waals surface area contributed by atoms with Gasteiger partial charge in [0.15, 0.2) is 4.34 Å². The Balaban J connectivity index is 2.42. The van der Waals surface area contributed by atoms with E-state index in [2.05, 4.69) is 10.2 Å². The summed E-state index contributed by atoms with van der Waals surface area (Å²) in [7, 11) is 0. The van der Waals surface area contributed by atoms with Crippen molar-refractivity contribution in [2.24, 2.45) is 0 Å². The monoisotopic (exact) mass is 172 g/mol. The molecule has 54 valence electrons. The van der Waals surface area contributed by atoms with Crippen molar-refractivity contribution in [1.82, 2.24) is 10.2 Å². The van der Waals surface area contributed by atoms with Crippen molar-refractivity contribution in [2.45, 2.75) is 17.7 Å². The lowest BCUT2D eigenvalue weighted by atomic mass is 10.6. The molecular weight excluding hydrogens is 164 g/mol. The molecule has 0 saturated carbocycles. The smallest absolute Gasteiger partial charge is 0.143 e. The number of nitrogens with zero attached hydrogens (tertiary/aromatic N) is 2. The highest BCUT2D eigenvalue weighted by molar-refractivity contribution is 8.01. The van der Waals surface area contributed by atoms with Crippen molar-refractivity contribution in [1.29, 1.82) is 0 Å². The van der Waals surface area contributed by atoms with Gasteiger partial charge in [-0.05, 0) is 20.3 Å². The van der Waals surface area contributed by atoms with E-state index in [-0.39, 0.29) is 0 Å². The van der Waals surface area contributed by atoms with Gasteiger partial charge in [0.25, 0.3) is 0 Å². The molecule has 0 saturated heterocycles. The van der Waals surface area contributed by atoms with Gasteiger partial charge in [-0.2, -0.15) is 0 Å². The molecule has 0 fully saturated rings. The van der Waals surface area contributed by atoms with Crippen molar-refractivity contribution in [3.63, 3.8) is 0 Å². The first-order valence-electron chi connectivity index (χ1n) is 2.96. The predicted molar refractivity (Wildman–Crippen MR) is 44.3 cm³/mol. The molecular formula is C6H8N2S2. The Bertz CT molecular complexity index is 197. The molecule has 0 atom stereocenters. The van der Waals surface area contributed by atoms with Crippen LogP contribution in [0.15, 0.2) is 4.34 Å². The van der Waals surface area contributed by atoms with E-state index in [0.717, 1.165) is 15.1 Å². The predicted octanol–water partition coefficient (Wildman–Crippen LogP) is 2.04. The van der Waals surface area contributed by atoms with Gasteiger partial charge in [0, 0.05) is 5.75 Å². The average molecular weight is 172 g/mol. The third-order valence-corrected chi connectivity index (χ3v) is 2.86. The van der Waals surface area contributed by atoms with Crippen LogP contribution >= 0.6 is 23.1 Å². The van der Waals surface area contributed by atoms with E-state index in [4.69, 9.17) is 6.92 Å². The average Bonchev–Trinajstić information content (AvgIpc) is 2.31. The third kappa shape index (κ3) is 2.27. The second-order valence-electron chi connectivity index (χ2n) is 1.72. The van der Waals surface area contributed by atoms with Crippen molar-refractivity contribution in [2.75, 3.05) is 5.75 Å². The fourth-order valence-electron chi connectivity index (χ4n) is 0.483. The lowest BCUT2D eigenvalue weighted by molar-refractivity contribution is 0.983. The maximum Gasteiger partial charge on any atom is 0.174 e. The SMILES string of the molecule is [CH]CCSc1nnc(C)s1. The zero-order chi connectivity index (χ0) is 7.40. The Morgan fingerprint density at radius 1 is 1.60 bits per heavy atom. The minimum atomic E-state index is 0.698. The van der Waals surface area contributed by atoms with E-state index in [1.54, 1.807) is 23.1 Å². The molecule has 10 heavy (non-hydrogen) atoms. The molecule has 2 radical (unpaired) electrons. The molecule has 0 aromatic carbocycles. The Kier molecular flexibility index (Phi) is 3.15. The van der Waals surface area contributed by atoms with E-state index in [1.807, 2.05) is 6.92 Å². The fourth-order valence-corrected chi connectivity index (χ4v) is 2.14. The normalized spacial score (nSPS) is 10.2. The lowest BCUT2D eigenvalue weighted by Gasteiger charge is -1.87. The summed E-state index contributed by atoms with van der Waals surface area (Å²) in [6, 6.07) is 0. The zero-order valence-corrected chi connectivity index (χ0v) is 7.34. The summed E-state index contributed by atoms with van der Waals surface area (Å²) in [5.41, 5.74) is 0. The van der Waals surface area contributed by atoms with Crippen LogP contribution in [0.3, 0.4) is 0 Å². The molecule has 1 rings (SSSR count). The van der Waals surface area contributed by atoms with Crippen LogP contribution in [-0.2, 0) is 0 Å². The Morgan fingerprint density at radius 2 is 2.40 bits per heavy atom. The van der Waals surface area contributed by atoms with Gasteiger partial charge in [0.1, 0.15) is 5.01 Å². The van der Waals surface area contributed by atoms with Crippen LogP contribution in [0, 0.1) is 13.8 Å². The molecule has 1 aromatic heterocycles. The Hall–Kier alpha value is -0.0900. The maximum absolute atomic E-state index is 5.32. The van der Waals surface area contributed by atoms with Crippen molar-refractivity contribution in [3.8, 4) is 0 Å². The van der Waals surface area contributed by atoms with E-state index < -0.39 is 0 Å². The van der Waals surface area contributed by atoms with Gasteiger partial charge in [0.2, 0.25) is 0 Å². The summed E-state index contributed by atoms with van der Waals surface area (Å²) >= 11 is 3.27. The molecule has 0 unspecified atom stereocenters. The second-order valence-corrected chi connectivity index (χ2v) is 4.25. The van der Waals surface area contributed by atoms with E-state index in [9.17, 15) is 0 Å². The highest BCUT2D eigenvalue weighted by Crippen LogP contribution is 2.21. The summed E-state index contributed by atoms with van der Waals surface area (Å²) in [6.45, 7) is 7.27. The summed E-state index contributed by atoms with van der Waals surface area (Å²) in [6.07, 6.45) is 0.698. The molecule has 0 bridgehead atoms. The Morgan fingerprint density at radius 3 is 2.90 bits per heavy atom. The van der Waals surface area contributed by atoms with E-state index in [1.165, 1.54) is 0 Å². The van der Waals surface area contributed by atoms with Crippen LogP contribution in [0.5, 0.6) is 0 Å². The largest absolute Gasteiger partial charge is 0.174 e. The molecule has 0 aliphatic rings. The van der Waals surface area contributed by atoms with Crippen LogP contribution in [0.25, 0.3) is 0 Å². The van der Waals surface area contributed by atoms with Gasteiger partial charge in [0.05, 0.1) is 0 Å². The minimum Gasteiger partial charge on any atom is -0.143 e. The highest BCUT2D eigenvalue weighted by Gasteiger charge is 1.98. The van der Waals surface area contributed by atoms with Gasteiger partial charge >= 0.3 is 0 Å². The van der Waals surface area contributed by atoms with Crippen LogP contribution in [0.1, 0.15) is 11.4 Å². The zero-order valence-electron chi connectivity index (χ0n) is 5.70. The number of hydrogen-bond donors (Lipinski definition) is 0. The highest BCUT2D eigenvalue weighted by atomic mass is 32.2. The fraction of sp³-hybridized carbons (Fsp3) is 0.500. The van der Waals surface area contributed by atoms with Crippen LogP contribution in [0.2, 0.25) is 0 Å². The van der Waals surface area contributed by atoms with E-state index in [0.29, 0.717) is 6.42 Å². The van der Waals surface area contributed by atoms with E-state index >= 15 is 0 Å². The molecule has 0 aliphatic heterocycles. The van der Waals surface area contributed by atoms with Crippen LogP contribution in [0.4, 0.5) is 0 Å². The number of hydrogen-bond acceptors (Lipinski definition) is 4. The van der Waals surface area contributed by atoms with Crippen molar-refractivity contribution in [3.05, 3.63) is 11.9 Å². The lowest BCUT2D eigenvalue weighted by Crippen LogP contribution is -1.74. The quantitative estimate of drug-likeness (QED) is 0.652. The van der Waals surface area contributed by atoms with Crippen molar-refractivity contribution < 1.29 is 0 Å². The van der Waals surface area contributed by atoms with Gasteiger partial charge in [-0.25, -0.2) is 0 Å². The molecule has 0 aliphatic carbocycles. The first-order chi connectivity index (χ1) is 4.83. The number of aryl methyl sites for hydroxylation is 1. The molecule has 0 amide bonds. The molecule has 1 heterocycles. The number of thioether (sulfide) groups is 1. The topological polar surface area (TPSA) is 25.8 Å².